The van der Waals surface area contributed by atoms with E-state index in [0.29, 0.717) is 25.2 Å². The maximum Gasteiger partial charge on any atom is 0.324 e. The minimum atomic E-state index is -0.0473. The first-order chi connectivity index (χ1) is 11.1. The van der Waals surface area contributed by atoms with Crippen LogP contribution in [0, 0.1) is 11.3 Å². The summed E-state index contributed by atoms with van der Waals surface area (Å²) in [5.74, 6) is 0.119. The Morgan fingerprint density at radius 3 is 2.87 bits per heavy atom. The summed E-state index contributed by atoms with van der Waals surface area (Å²) in [5.41, 5.74) is 2.66. The fourth-order valence-electron chi connectivity index (χ4n) is 3.57. The molecule has 6 nitrogen and oxygen atoms in total. The van der Waals surface area contributed by atoms with E-state index in [2.05, 4.69) is 11.0 Å². The Bertz CT molecular complexity index is 667. The van der Waals surface area contributed by atoms with Crippen LogP contribution in [0.1, 0.15) is 36.9 Å². The summed E-state index contributed by atoms with van der Waals surface area (Å²) in [6, 6.07) is 5.81. The highest BCUT2D eigenvalue weighted by Crippen LogP contribution is 2.41. The summed E-state index contributed by atoms with van der Waals surface area (Å²) in [4.78, 5) is 18.1. The average molecular weight is 314 g/mol. The number of rotatable bonds is 3. The quantitative estimate of drug-likeness (QED) is 0.930. The molecule has 0 aliphatic carbocycles. The van der Waals surface area contributed by atoms with Crippen LogP contribution in [0.2, 0.25) is 0 Å². The molecule has 0 spiro atoms. The van der Waals surface area contributed by atoms with Gasteiger partial charge in [0.1, 0.15) is 5.75 Å². The number of urea groups is 1. The third-order valence-corrected chi connectivity index (χ3v) is 4.82. The van der Waals surface area contributed by atoms with Crippen LogP contribution in [-0.4, -0.2) is 47.6 Å². The van der Waals surface area contributed by atoms with E-state index < -0.39 is 0 Å². The monoisotopic (exact) mass is 314 g/mol. The summed E-state index contributed by atoms with van der Waals surface area (Å²) in [6.07, 6.45) is 1.29. The number of nitriles is 1. The zero-order chi connectivity index (χ0) is 16.6. The lowest BCUT2D eigenvalue weighted by Gasteiger charge is -2.35. The van der Waals surface area contributed by atoms with Crippen LogP contribution < -0.4 is 4.90 Å². The Balaban J connectivity index is 1.96. The number of hydrogen-bond donors (Lipinski definition) is 1. The second kappa shape index (κ2) is 6.09. The van der Waals surface area contributed by atoms with Gasteiger partial charge in [-0.3, -0.25) is 9.80 Å². The standard InChI is InChI=1S/C17H22N4O2/c1-3-20-7-4-8-21(17(20)23)15-9-12-11-19(2)14(5-6-18)13(12)10-16(15)22/h9-10,14,22H,3-5,7-8,11H2,1-2H3. The molecular formula is C17H22N4O2. The van der Waals surface area contributed by atoms with Gasteiger partial charge in [0.05, 0.1) is 18.2 Å². The number of anilines is 1. The molecule has 1 aromatic carbocycles. The van der Waals surface area contributed by atoms with Crippen molar-refractivity contribution in [2.24, 2.45) is 0 Å². The SMILES string of the molecule is CCN1CCCN(c2cc3c(cc2O)C(CC#N)N(C)C3)C1=O. The van der Waals surface area contributed by atoms with Gasteiger partial charge in [0.2, 0.25) is 0 Å². The molecule has 0 radical (unpaired) electrons. The molecule has 1 aromatic rings. The van der Waals surface area contributed by atoms with Crippen molar-refractivity contribution in [1.82, 2.24) is 9.80 Å². The fourth-order valence-corrected chi connectivity index (χ4v) is 3.57. The van der Waals surface area contributed by atoms with E-state index in [1.807, 2.05) is 20.0 Å². The van der Waals surface area contributed by atoms with Gasteiger partial charge in [-0.2, -0.15) is 5.26 Å². The second-order valence-corrected chi connectivity index (χ2v) is 6.20. The molecule has 0 bridgehead atoms. The van der Waals surface area contributed by atoms with Crippen LogP contribution in [-0.2, 0) is 6.54 Å². The van der Waals surface area contributed by atoms with Gasteiger partial charge in [0.15, 0.2) is 0 Å². The van der Waals surface area contributed by atoms with Crippen LogP contribution in [0.5, 0.6) is 5.75 Å². The molecule has 122 valence electrons. The van der Waals surface area contributed by atoms with E-state index in [4.69, 9.17) is 5.26 Å². The summed E-state index contributed by atoms with van der Waals surface area (Å²) >= 11 is 0. The third kappa shape index (κ3) is 2.62. The molecule has 1 atom stereocenters. The zero-order valence-corrected chi connectivity index (χ0v) is 13.6. The highest BCUT2D eigenvalue weighted by molar-refractivity contribution is 5.94. The Labute approximate surface area is 136 Å². The van der Waals surface area contributed by atoms with Crippen LogP contribution in [0.3, 0.4) is 0 Å². The number of hydrogen-bond acceptors (Lipinski definition) is 4. The fraction of sp³-hybridized carbons (Fsp3) is 0.529. The minimum Gasteiger partial charge on any atom is -0.506 e. The molecule has 1 saturated heterocycles. The average Bonchev–Trinajstić information content (AvgIpc) is 2.83. The molecule has 3 rings (SSSR count). The Morgan fingerprint density at radius 1 is 1.39 bits per heavy atom. The lowest BCUT2D eigenvalue weighted by atomic mass is 10.0. The molecule has 2 aliphatic heterocycles. The van der Waals surface area contributed by atoms with Crippen molar-refractivity contribution in [2.45, 2.75) is 32.4 Å². The number of phenols is 1. The molecule has 2 heterocycles. The van der Waals surface area contributed by atoms with Crippen molar-refractivity contribution < 1.29 is 9.90 Å². The van der Waals surface area contributed by atoms with Gasteiger partial charge < -0.3 is 10.0 Å². The highest BCUT2D eigenvalue weighted by atomic mass is 16.3. The summed E-state index contributed by atoms with van der Waals surface area (Å²) < 4.78 is 0. The van der Waals surface area contributed by atoms with Gasteiger partial charge in [0.25, 0.3) is 0 Å². The molecule has 0 aromatic heterocycles. The molecule has 1 unspecified atom stereocenters. The van der Waals surface area contributed by atoms with Gasteiger partial charge in [-0.05, 0) is 43.7 Å². The van der Waals surface area contributed by atoms with Crippen molar-refractivity contribution in [2.75, 3.05) is 31.6 Å². The number of benzene rings is 1. The first-order valence-corrected chi connectivity index (χ1v) is 8.06. The van der Waals surface area contributed by atoms with Crippen molar-refractivity contribution in [1.29, 1.82) is 5.26 Å². The van der Waals surface area contributed by atoms with Gasteiger partial charge in [-0.1, -0.05) is 0 Å². The number of carbonyl (C=O) groups excluding carboxylic acids is 1. The van der Waals surface area contributed by atoms with Crippen molar-refractivity contribution in [3.8, 4) is 11.8 Å². The van der Waals surface area contributed by atoms with E-state index in [1.165, 1.54) is 0 Å². The maximum absolute atomic E-state index is 12.5. The van der Waals surface area contributed by atoms with Gasteiger partial charge in [-0.15, -0.1) is 0 Å². The first kappa shape index (κ1) is 15.6. The Kier molecular flexibility index (Phi) is 4.14. The van der Waals surface area contributed by atoms with E-state index in [1.54, 1.807) is 15.9 Å². The predicted molar refractivity (Wildman–Crippen MR) is 87.2 cm³/mol. The normalized spacial score (nSPS) is 21.4. The number of nitrogens with zero attached hydrogens (tertiary/aromatic N) is 4. The number of carbonyl (C=O) groups is 1. The Hall–Kier alpha value is -2.26. The van der Waals surface area contributed by atoms with Gasteiger partial charge in [-0.25, -0.2) is 4.79 Å². The third-order valence-electron chi connectivity index (χ3n) is 4.82. The molecule has 6 heteroatoms. The van der Waals surface area contributed by atoms with E-state index in [0.717, 1.165) is 30.6 Å². The van der Waals surface area contributed by atoms with Crippen molar-refractivity contribution in [3.05, 3.63) is 23.3 Å². The number of amides is 2. The molecule has 0 saturated carbocycles. The maximum atomic E-state index is 12.5. The van der Waals surface area contributed by atoms with E-state index in [9.17, 15) is 9.90 Å². The van der Waals surface area contributed by atoms with Crippen molar-refractivity contribution >= 4 is 11.7 Å². The van der Waals surface area contributed by atoms with Crippen molar-refractivity contribution in [3.63, 3.8) is 0 Å². The largest absolute Gasteiger partial charge is 0.506 e. The molecule has 2 aliphatic rings. The molecule has 1 fully saturated rings. The van der Waals surface area contributed by atoms with E-state index in [-0.39, 0.29) is 17.8 Å². The molecule has 2 amide bonds. The zero-order valence-electron chi connectivity index (χ0n) is 13.6. The minimum absolute atomic E-state index is 0.0131. The van der Waals surface area contributed by atoms with E-state index >= 15 is 0 Å². The number of phenolic OH excluding ortho intramolecular Hbond substituents is 1. The summed E-state index contributed by atoms with van der Waals surface area (Å²) in [6.45, 7) is 4.76. The highest BCUT2D eigenvalue weighted by Gasteiger charge is 2.32. The second-order valence-electron chi connectivity index (χ2n) is 6.20. The Morgan fingerprint density at radius 2 is 2.17 bits per heavy atom. The summed E-state index contributed by atoms with van der Waals surface area (Å²) in [7, 11) is 1.98. The lowest BCUT2D eigenvalue weighted by Crippen LogP contribution is -2.49. The molecule has 23 heavy (non-hydrogen) atoms. The van der Waals surface area contributed by atoms with Gasteiger partial charge >= 0.3 is 6.03 Å². The predicted octanol–water partition coefficient (Wildman–Crippen LogP) is 2.44. The van der Waals surface area contributed by atoms with Crippen LogP contribution >= 0.6 is 0 Å². The molecular weight excluding hydrogens is 292 g/mol. The van der Waals surface area contributed by atoms with Gasteiger partial charge in [0, 0.05) is 32.2 Å². The number of aromatic hydroxyl groups is 1. The van der Waals surface area contributed by atoms with Crippen LogP contribution in [0.25, 0.3) is 0 Å². The smallest absolute Gasteiger partial charge is 0.324 e. The molecule has 1 N–H and O–H groups in total. The van der Waals surface area contributed by atoms with Crippen LogP contribution in [0.15, 0.2) is 12.1 Å². The summed E-state index contributed by atoms with van der Waals surface area (Å²) in [5, 5.41) is 19.5. The van der Waals surface area contributed by atoms with Crippen LogP contribution in [0.4, 0.5) is 10.5 Å². The topological polar surface area (TPSA) is 70.8 Å². The first-order valence-electron chi connectivity index (χ1n) is 8.06. The number of fused-ring (bicyclic) bond motifs is 1. The lowest BCUT2D eigenvalue weighted by molar-refractivity contribution is 0.198.